The van der Waals surface area contributed by atoms with Gasteiger partial charge in [0.25, 0.3) is 0 Å². The summed E-state index contributed by atoms with van der Waals surface area (Å²) in [7, 11) is 0. The first-order chi connectivity index (χ1) is 10.6. The molecule has 1 amide bonds. The molecule has 0 atom stereocenters. The number of benzene rings is 1. The summed E-state index contributed by atoms with van der Waals surface area (Å²) in [5.74, 6) is 1.29. The molecular weight excluding hydrogens is 276 g/mol. The molecule has 2 rings (SSSR count). The topological polar surface area (TPSA) is 56.7 Å². The number of fused-ring (bicyclic) bond motifs is 1. The van der Waals surface area contributed by atoms with Crippen molar-refractivity contribution < 1.29 is 4.79 Å². The minimum absolute atomic E-state index is 0.0479. The Balaban J connectivity index is 1.97. The summed E-state index contributed by atoms with van der Waals surface area (Å²) in [6.07, 6.45) is 0.928. The third-order valence-corrected chi connectivity index (χ3v) is 3.58. The van der Waals surface area contributed by atoms with E-state index in [0.29, 0.717) is 11.9 Å². The summed E-state index contributed by atoms with van der Waals surface area (Å²) in [4.78, 5) is 18.7. The lowest BCUT2D eigenvalue weighted by Gasteiger charge is -2.17. The minimum atomic E-state index is 0.0479. The van der Waals surface area contributed by atoms with E-state index >= 15 is 0 Å². The fourth-order valence-electron chi connectivity index (χ4n) is 2.47. The molecule has 1 heterocycles. The first-order valence-electron chi connectivity index (χ1n) is 8.02. The normalized spacial score (nSPS) is 14.2. The molecular formula is C17H26N4O. The number of anilines is 1. The number of nitrogens with one attached hydrogen (secondary N) is 2. The zero-order chi connectivity index (χ0) is 15.9. The Bertz CT molecular complexity index is 539. The molecule has 0 radical (unpaired) electrons. The number of carbonyl (C=O) groups is 1. The predicted molar refractivity (Wildman–Crippen MR) is 91.3 cm³/mol. The van der Waals surface area contributed by atoms with Crippen molar-refractivity contribution in [2.24, 2.45) is 10.9 Å². The van der Waals surface area contributed by atoms with E-state index in [-0.39, 0.29) is 12.5 Å². The Morgan fingerprint density at radius 3 is 2.82 bits per heavy atom. The number of carbonyl (C=O) groups excluding carboxylic acids is 1. The van der Waals surface area contributed by atoms with Gasteiger partial charge in [0.05, 0.1) is 0 Å². The van der Waals surface area contributed by atoms with E-state index in [1.54, 1.807) is 0 Å². The molecule has 0 aliphatic carbocycles. The van der Waals surface area contributed by atoms with Crippen LogP contribution >= 0.6 is 0 Å². The Labute approximate surface area is 132 Å². The first kappa shape index (κ1) is 16.3. The molecule has 0 saturated heterocycles. The number of hydrogen-bond donors (Lipinski definition) is 2. The predicted octanol–water partition coefficient (Wildman–Crippen LogP) is 1.79. The Morgan fingerprint density at radius 2 is 2.09 bits per heavy atom. The van der Waals surface area contributed by atoms with Crippen LogP contribution in [-0.4, -0.2) is 38.0 Å². The van der Waals surface area contributed by atoms with Gasteiger partial charge < -0.3 is 15.5 Å². The Hall–Kier alpha value is -2.04. The number of aliphatic imine (C=N–C) groups is 1. The smallest absolute Gasteiger partial charge is 0.248 e. The van der Waals surface area contributed by atoms with Gasteiger partial charge in [0.2, 0.25) is 5.91 Å². The quantitative estimate of drug-likeness (QED) is 0.644. The molecule has 0 aromatic heterocycles. The summed E-state index contributed by atoms with van der Waals surface area (Å²) in [6, 6.07) is 8.08. The number of rotatable bonds is 5. The van der Waals surface area contributed by atoms with E-state index < -0.39 is 0 Å². The van der Waals surface area contributed by atoms with Crippen LogP contribution in [-0.2, 0) is 11.2 Å². The molecule has 0 unspecified atom stereocenters. The molecule has 1 aromatic carbocycles. The second-order valence-corrected chi connectivity index (χ2v) is 5.89. The van der Waals surface area contributed by atoms with Gasteiger partial charge in [-0.05, 0) is 30.9 Å². The lowest BCUT2D eigenvalue weighted by atomic mass is 10.2. The van der Waals surface area contributed by atoms with Crippen LogP contribution in [0.25, 0.3) is 0 Å². The van der Waals surface area contributed by atoms with Crippen molar-refractivity contribution in [3.63, 3.8) is 0 Å². The van der Waals surface area contributed by atoms with Gasteiger partial charge >= 0.3 is 0 Å². The van der Waals surface area contributed by atoms with Crippen LogP contribution in [0.15, 0.2) is 29.3 Å². The molecule has 1 aliphatic rings. The summed E-state index contributed by atoms with van der Waals surface area (Å²) >= 11 is 0. The molecule has 22 heavy (non-hydrogen) atoms. The van der Waals surface area contributed by atoms with Crippen LogP contribution in [0.2, 0.25) is 0 Å². The van der Waals surface area contributed by atoms with Crippen LogP contribution in [0.5, 0.6) is 0 Å². The number of para-hydroxylation sites is 1. The van der Waals surface area contributed by atoms with Crippen molar-refractivity contribution in [1.29, 1.82) is 0 Å². The highest BCUT2D eigenvalue weighted by atomic mass is 16.2. The average molecular weight is 302 g/mol. The van der Waals surface area contributed by atoms with E-state index in [1.807, 2.05) is 30.0 Å². The molecule has 120 valence electrons. The number of guanidine groups is 1. The van der Waals surface area contributed by atoms with E-state index in [4.69, 9.17) is 0 Å². The molecule has 0 spiro atoms. The van der Waals surface area contributed by atoms with Crippen molar-refractivity contribution in [2.75, 3.05) is 31.1 Å². The molecule has 0 fully saturated rings. The summed E-state index contributed by atoms with van der Waals surface area (Å²) in [5.41, 5.74) is 2.27. The Kier molecular flexibility index (Phi) is 5.81. The van der Waals surface area contributed by atoms with E-state index in [2.05, 4.69) is 35.5 Å². The van der Waals surface area contributed by atoms with Gasteiger partial charge in [-0.25, -0.2) is 4.99 Å². The van der Waals surface area contributed by atoms with E-state index in [9.17, 15) is 4.79 Å². The second-order valence-electron chi connectivity index (χ2n) is 5.89. The standard InChI is InChI=1S/C17H26N4O/c1-4-18-17(19-11-13(2)3)20-12-16(22)21-10-9-14-7-5-6-8-15(14)21/h5-8,13H,4,9-12H2,1-3H3,(H2,18,19,20). The van der Waals surface area contributed by atoms with Crippen molar-refractivity contribution >= 4 is 17.6 Å². The van der Waals surface area contributed by atoms with Crippen molar-refractivity contribution in [3.05, 3.63) is 29.8 Å². The van der Waals surface area contributed by atoms with Crippen LogP contribution in [0, 0.1) is 5.92 Å². The Morgan fingerprint density at radius 1 is 1.32 bits per heavy atom. The lowest BCUT2D eigenvalue weighted by Crippen LogP contribution is -2.40. The van der Waals surface area contributed by atoms with Crippen molar-refractivity contribution in [1.82, 2.24) is 10.6 Å². The highest BCUT2D eigenvalue weighted by molar-refractivity contribution is 5.98. The molecule has 5 heteroatoms. The minimum Gasteiger partial charge on any atom is -0.357 e. The fraction of sp³-hybridized carbons (Fsp3) is 0.529. The maximum Gasteiger partial charge on any atom is 0.248 e. The van der Waals surface area contributed by atoms with Crippen LogP contribution in [0.4, 0.5) is 5.69 Å². The third kappa shape index (κ3) is 4.23. The molecule has 0 saturated carbocycles. The van der Waals surface area contributed by atoms with Gasteiger partial charge in [0, 0.05) is 25.3 Å². The molecule has 0 bridgehead atoms. The van der Waals surface area contributed by atoms with Crippen molar-refractivity contribution in [2.45, 2.75) is 27.2 Å². The van der Waals surface area contributed by atoms with Gasteiger partial charge in [-0.2, -0.15) is 0 Å². The largest absolute Gasteiger partial charge is 0.357 e. The molecule has 2 N–H and O–H groups in total. The van der Waals surface area contributed by atoms with Gasteiger partial charge in [0.15, 0.2) is 5.96 Å². The lowest BCUT2D eigenvalue weighted by molar-refractivity contribution is -0.117. The van der Waals surface area contributed by atoms with Gasteiger partial charge in [-0.15, -0.1) is 0 Å². The third-order valence-electron chi connectivity index (χ3n) is 3.58. The van der Waals surface area contributed by atoms with Crippen molar-refractivity contribution in [3.8, 4) is 0 Å². The highest BCUT2D eigenvalue weighted by Crippen LogP contribution is 2.27. The molecule has 1 aliphatic heterocycles. The monoisotopic (exact) mass is 302 g/mol. The number of hydrogen-bond acceptors (Lipinski definition) is 2. The SMILES string of the molecule is CCNC(=NCC(=O)N1CCc2ccccc21)NCC(C)C. The van der Waals surface area contributed by atoms with Crippen LogP contribution in [0.1, 0.15) is 26.3 Å². The number of amides is 1. The molecule has 1 aromatic rings. The van der Waals surface area contributed by atoms with Crippen LogP contribution in [0.3, 0.4) is 0 Å². The second kappa shape index (κ2) is 7.82. The summed E-state index contributed by atoms with van der Waals surface area (Å²) < 4.78 is 0. The van der Waals surface area contributed by atoms with E-state index in [1.165, 1.54) is 5.56 Å². The maximum absolute atomic E-state index is 12.4. The summed E-state index contributed by atoms with van der Waals surface area (Å²) in [6.45, 7) is 8.85. The van der Waals surface area contributed by atoms with Gasteiger partial charge in [-0.3, -0.25) is 4.79 Å². The zero-order valence-corrected chi connectivity index (χ0v) is 13.7. The average Bonchev–Trinajstić information content (AvgIpc) is 2.93. The van der Waals surface area contributed by atoms with Gasteiger partial charge in [0.1, 0.15) is 6.54 Å². The maximum atomic E-state index is 12.4. The molecule has 5 nitrogen and oxygen atoms in total. The van der Waals surface area contributed by atoms with Gasteiger partial charge in [-0.1, -0.05) is 32.0 Å². The summed E-state index contributed by atoms with van der Waals surface area (Å²) in [5, 5.41) is 6.42. The fourth-order valence-corrected chi connectivity index (χ4v) is 2.47. The number of nitrogens with zero attached hydrogens (tertiary/aromatic N) is 2. The first-order valence-corrected chi connectivity index (χ1v) is 8.02. The van der Waals surface area contributed by atoms with Crippen LogP contribution < -0.4 is 15.5 Å². The highest BCUT2D eigenvalue weighted by Gasteiger charge is 2.23. The van der Waals surface area contributed by atoms with E-state index in [0.717, 1.165) is 31.7 Å². The zero-order valence-electron chi connectivity index (χ0n) is 13.7.